The Morgan fingerprint density at radius 3 is 2.37 bits per heavy atom. The summed E-state index contributed by atoms with van der Waals surface area (Å²) in [5.41, 5.74) is 0.513. The van der Waals surface area contributed by atoms with Crippen molar-refractivity contribution in [1.29, 1.82) is 0 Å². The molecule has 142 valence electrons. The number of halogens is 1. The number of carbonyl (C=O) groups excluding carboxylic acids is 2. The average molecular weight is 392 g/mol. The van der Waals surface area contributed by atoms with E-state index in [1.165, 1.54) is 55.5 Å². The van der Waals surface area contributed by atoms with E-state index in [9.17, 15) is 22.4 Å². The molecule has 27 heavy (non-hydrogen) atoms. The third-order valence-corrected chi connectivity index (χ3v) is 4.35. The first kappa shape index (κ1) is 20.3. The van der Waals surface area contributed by atoms with Gasteiger partial charge in [0.25, 0.3) is 5.91 Å². The van der Waals surface area contributed by atoms with Crippen molar-refractivity contribution < 1.29 is 27.1 Å². The molecule has 0 bridgehead atoms. The number of nitrogens with two attached hydrogens (primary N) is 1. The zero-order chi connectivity index (χ0) is 20.0. The Bertz CT molecular complexity index is 972. The normalized spacial score (nSPS) is 12.6. The SMILES string of the molecule is CC(OC(=O)/C=C/c1ccccc1F)C(=O)Nc1ccc(S(N)(=O)=O)cc1. The first-order chi connectivity index (χ1) is 12.7. The van der Waals surface area contributed by atoms with Gasteiger partial charge in [0, 0.05) is 17.3 Å². The summed E-state index contributed by atoms with van der Waals surface area (Å²) in [6.45, 7) is 1.36. The predicted octanol–water partition coefficient (Wildman–Crippen LogP) is 2.06. The summed E-state index contributed by atoms with van der Waals surface area (Å²) in [6.07, 6.45) is 1.14. The second-order valence-electron chi connectivity index (χ2n) is 5.49. The fourth-order valence-corrected chi connectivity index (χ4v) is 2.52. The van der Waals surface area contributed by atoms with Crippen molar-refractivity contribution in [3.8, 4) is 0 Å². The van der Waals surface area contributed by atoms with Gasteiger partial charge in [0.2, 0.25) is 10.0 Å². The Labute approximate surface area is 155 Å². The van der Waals surface area contributed by atoms with Crippen LogP contribution in [0.15, 0.2) is 59.5 Å². The van der Waals surface area contributed by atoms with E-state index in [4.69, 9.17) is 9.88 Å². The molecular formula is C18H17FN2O5S. The van der Waals surface area contributed by atoms with Crippen LogP contribution in [0.25, 0.3) is 6.08 Å². The van der Waals surface area contributed by atoms with Crippen LogP contribution in [0.4, 0.5) is 10.1 Å². The highest BCUT2D eigenvalue weighted by molar-refractivity contribution is 7.89. The van der Waals surface area contributed by atoms with Crippen LogP contribution in [0.5, 0.6) is 0 Å². The zero-order valence-corrected chi connectivity index (χ0v) is 15.1. The van der Waals surface area contributed by atoms with Crippen molar-refractivity contribution in [2.75, 3.05) is 5.32 Å². The van der Waals surface area contributed by atoms with E-state index in [0.29, 0.717) is 5.69 Å². The quantitative estimate of drug-likeness (QED) is 0.577. The number of ether oxygens (including phenoxy) is 1. The standard InChI is InChI=1S/C18H17FN2O5S/c1-12(26-17(22)11-6-13-4-2-3-5-16(13)19)18(23)21-14-7-9-15(10-8-14)27(20,24)25/h2-12H,1H3,(H,21,23)(H2,20,24,25)/b11-6+. The van der Waals surface area contributed by atoms with Crippen LogP contribution in [0.3, 0.4) is 0 Å². The van der Waals surface area contributed by atoms with Gasteiger partial charge in [-0.2, -0.15) is 0 Å². The largest absolute Gasteiger partial charge is 0.449 e. The number of benzene rings is 2. The average Bonchev–Trinajstić information content (AvgIpc) is 2.60. The molecule has 0 aromatic heterocycles. The number of esters is 1. The molecule has 1 unspecified atom stereocenters. The summed E-state index contributed by atoms with van der Waals surface area (Å²) in [6, 6.07) is 11.0. The second kappa shape index (κ2) is 8.56. The monoisotopic (exact) mass is 392 g/mol. The van der Waals surface area contributed by atoms with Crippen molar-refractivity contribution in [2.45, 2.75) is 17.9 Å². The molecule has 0 saturated heterocycles. The predicted molar refractivity (Wildman–Crippen MR) is 97.4 cm³/mol. The molecule has 0 spiro atoms. The van der Waals surface area contributed by atoms with Crippen molar-refractivity contribution in [3.05, 3.63) is 66.0 Å². The fraction of sp³-hybridized carbons (Fsp3) is 0.111. The summed E-state index contributed by atoms with van der Waals surface area (Å²) in [5, 5.41) is 7.46. The van der Waals surface area contributed by atoms with Crippen LogP contribution in [0.1, 0.15) is 12.5 Å². The summed E-state index contributed by atoms with van der Waals surface area (Å²) in [5.74, 6) is -1.92. The second-order valence-corrected chi connectivity index (χ2v) is 7.05. The Kier molecular flexibility index (Phi) is 6.43. The van der Waals surface area contributed by atoms with E-state index in [-0.39, 0.29) is 10.5 Å². The molecule has 3 N–H and O–H groups in total. The number of primary sulfonamides is 1. The maximum atomic E-state index is 13.5. The number of sulfonamides is 1. The highest BCUT2D eigenvalue weighted by Gasteiger charge is 2.17. The number of anilines is 1. The van der Waals surface area contributed by atoms with Crippen LogP contribution in [0.2, 0.25) is 0 Å². The Balaban J connectivity index is 1.93. The van der Waals surface area contributed by atoms with Gasteiger partial charge in [-0.25, -0.2) is 22.7 Å². The molecule has 7 nitrogen and oxygen atoms in total. The van der Waals surface area contributed by atoms with Crippen LogP contribution in [0, 0.1) is 5.82 Å². The lowest BCUT2D eigenvalue weighted by atomic mass is 10.2. The number of hydrogen-bond donors (Lipinski definition) is 2. The van der Waals surface area contributed by atoms with Gasteiger partial charge in [0.15, 0.2) is 6.10 Å². The molecular weight excluding hydrogens is 375 g/mol. The summed E-state index contributed by atoms with van der Waals surface area (Å²) in [7, 11) is -3.83. The van der Waals surface area contributed by atoms with Gasteiger partial charge in [-0.1, -0.05) is 18.2 Å². The molecule has 0 saturated carbocycles. The van der Waals surface area contributed by atoms with Crippen LogP contribution in [-0.2, 0) is 24.3 Å². The lowest BCUT2D eigenvalue weighted by molar-refractivity contribution is -0.148. The summed E-state index contributed by atoms with van der Waals surface area (Å²) in [4.78, 5) is 23.7. The minimum absolute atomic E-state index is 0.0988. The minimum atomic E-state index is -3.83. The Morgan fingerprint density at radius 2 is 1.78 bits per heavy atom. The molecule has 0 heterocycles. The van der Waals surface area contributed by atoms with E-state index in [1.807, 2.05) is 0 Å². The minimum Gasteiger partial charge on any atom is -0.449 e. The van der Waals surface area contributed by atoms with Crippen molar-refractivity contribution >= 4 is 33.7 Å². The number of carbonyl (C=O) groups is 2. The van der Waals surface area contributed by atoms with Crippen LogP contribution >= 0.6 is 0 Å². The topological polar surface area (TPSA) is 116 Å². The molecule has 2 aromatic carbocycles. The number of hydrogen-bond acceptors (Lipinski definition) is 5. The number of amides is 1. The molecule has 0 aliphatic rings. The lowest BCUT2D eigenvalue weighted by Gasteiger charge is -2.12. The van der Waals surface area contributed by atoms with Crippen molar-refractivity contribution in [2.24, 2.45) is 5.14 Å². The first-order valence-electron chi connectivity index (χ1n) is 7.74. The fourth-order valence-electron chi connectivity index (χ4n) is 2.01. The molecule has 2 rings (SSSR count). The molecule has 1 amide bonds. The van der Waals surface area contributed by atoms with E-state index in [2.05, 4.69) is 5.32 Å². The van der Waals surface area contributed by atoms with Gasteiger partial charge in [-0.05, 0) is 43.3 Å². The van der Waals surface area contributed by atoms with E-state index in [1.54, 1.807) is 6.07 Å². The van der Waals surface area contributed by atoms with Gasteiger partial charge in [-0.3, -0.25) is 4.79 Å². The van der Waals surface area contributed by atoms with E-state index >= 15 is 0 Å². The maximum absolute atomic E-state index is 13.5. The summed E-state index contributed by atoms with van der Waals surface area (Å²) >= 11 is 0. The highest BCUT2D eigenvalue weighted by Crippen LogP contribution is 2.13. The third-order valence-electron chi connectivity index (χ3n) is 3.42. The van der Waals surface area contributed by atoms with Crippen LogP contribution < -0.4 is 10.5 Å². The first-order valence-corrected chi connectivity index (χ1v) is 9.28. The van der Waals surface area contributed by atoms with Gasteiger partial charge in [0.05, 0.1) is 4.90 Å². The lowest BCUT2D eigenvalue weighted by Crippen LogP contribution is -2.29. The summed E-state index contributed by atoms with van der Waals surface area (Å²) < 4.78 is 40.8. The smallest absolute Gasteiger partial charge is 0.331 e. The van der Waals surface area contributed by atoms with Crippen molar-refractivity contribution in [1.82, 2.24) is 0 Å². The van der Waals surface area contributed by atoms with Gasteiger partial charge in [-0.15, -0.1) is 0 Å². The third kappa shape index (κ3) is 6.01. The Hall–Kier alpha value is -3.04. The molecule has 0 aliphatic carbocycles. The zero-order valence-electron chi connectivity index (χ0n) is 14.3. The molecule has 0 fully saturated rings. The number of rotatable bonds is 6. The molecule has 0 radical (unpaired) electrons. The maximum Gasteiger partial charge on any atom is 0.331 e. The molecule has 1 atom stereocenters. The van der Waals surface area contributed by atoms with Gasteiger partial charge < -0.3 is 10.1 Å². The number of nitrogens with one attached hydrogen (secondary N) is 1. The molecule has 9 heteroatoms. The van der Waals surface area contributed by atoms with Crippen molar-refractivity contribution in [3.63, 3.8) is 0 Å². The Morgan fingerprint density at radius 1 is 1.15 bits per heavy atom. The molecule has 0 aliphatic heterocycles. The van der Waals surface area contributed by atoms with Gasteiger partial charge >= 0.3 is 5.97 Å². The molecule has 2 aromatic rings. The van der Waals surface area contributed by atoms with Crippen LogP contribution in [-0.4, -0.2) is 26.4 Å². The van der Waals surface area contributed by atoms with E-state index in [0.717, 1.165) is 6.08 Å². The highest BCUT2D eigenvalue weighted by atomic mass is 32.2. The van der Waals surface area contributed by atoms with Gasteiger partial charge in [0.1, 0.15) is 5.82 Å². The van der Waals surface area contributed by atoms with E-state index < -0.39 is 33.8 Å².